The van der Waals surface area contributed by atoms with Gasteiger partial charge in [-0.15, -0.1) is 23.1 Å². The number of aryl methyl sites for hydroxylation is 1. The van der Waals surface area contributed by atoms with E-state index in [1.807, 2.05) is 23.5 Å². The van der Waals surface area contributed by atoms with E-state index >= 15 is 0 Å². The van der Waals surface area contributed by atoms with Crippen LogP contribution in [0.4, 0.5) is 0 Å². The molecule has 4 rings (SSSR count). The van der Waals surface area contributed by atoms with Crippen LogP contribution in [-0.4, -0.2) is 9.97 Å². The van der Waals surface area contributed by atoms with Crippen molar-refractivity contribution in [1.29, 1.82) is 0 Å². The van der Waals surface area contributed by atoms with E-state index < -0.39 is 0 Å². The first-order valence-electron chi connectivity index (χ1n) is 7.83. The fraction of sp³-hybridized carbons (Fsp3) is 0.333. The van der Waals surface area contributed by atoms with Crippen LogP contribution in [-0.2, 0) is 18.6 Å². The van der Waals surface area contributed by atoms with Gasteiger partial charge in [0.1, 0.15) is 16.2 Å². The smallest absolute Gasteiger partial charge is 0.128 e. The molecule has 0 spiro atoms. The molecule has 2 heterocycles. The predicted molar refractivity (Wildman–Crippen MR) is 99.6 cm³/mol. The van der Waals surface area contributed by atoms with E-state index in [1.165, 1.54) is 40.7 Å². The van der Waals surface area contributed by atoms with E-state index in [9.17, 15) is 0 Å². The molecular formula is C18H17ClN2S2. The molecule has 23 heavy (non-hydrogen) atoms. The van der Waals surface area contributed by atoms with Gasteiger partial charge in [0, 0.05) is 21.0 Å². The number of hydrogen-bond acceptors (Lipinski definition) is 4. The lowest BCUT2D eigenvalue weighted by Crippen LogP contribution is -2.08. The van der Waals surface area contributed by atoms with Gasteiger partial charge in [-0.3, -0.25) is 0 Å². The zero-order valence-corrected chi connectivity index (χ0v) is 15.3. The molecule has 0 bridgehead atoms. The molecular weight excluding hydrogens is 344 g/mol. The van der Waals surface area contributed by atoms with Gasteiger partial charge in [0.05, 0.1) is 0 Å². The van der Waals surface area contributed by atoms with Crippen LogP contribution in [0.1, 0.15) is 29.3 Å². The molecule has 0 amide bonds. The van der Waals surface area contributed by atoms with Crippen LogP contribution in [0.5, 0.6) is 0 Å². The first-order chi connectivity index (χ1) is 11.2. The average Bonchev–Trinajstić information content (AvgIpc) is 2.92. The van der Waals surface area contributed by atoms with E-state index in [4.69, 9.17) is 11.6 Å². The molecule has 2 aromatic heterocycles. The highest BCUT2D eigenvalue weighted by molar-refractivity contribution is 7.98. The number of fused-ring (bicyclic) bond motifs is 3. The van der Waals surface area contributed by atoms with Crippen LogP contribution >= 0.6 is 34.7 Å². The largest absolute Gasteiger partial charge is 0.229 e. The van der Waals surface area contributed by atoms with Crippen LogP contribution < -0.4 is 0 Å². The lowest BCUT2D eigenvalue weighted by Gasteiger charge is -2.18. The molecule has 0 radical (unpaired) electrons. The Kier molecular flexibility index (Phi) is 4.31. The summed E-state index contributed by atoms with van der Waals surface area (Å²) in [7, 11) is 0. The monoisotopic (exact) mass is 360 g/mol. The number of thioether (sulfide) groups is 1. The standard InChI is InChI=1S/C18H17ClN2S2/c1-11-2-7-14-15(8-11)23-18-16(14)17(20-10-21-18)22-9-12-3-5-13(19)6-4-12/h3-6,10-11H,2,7-9H2,1H3/t11-/m1/s1. The number of benzene rings is 1. The van der Waals surface area contributed by atoms with Gasteiger partial charge in [-0.2, -0.15) is 0 Å². The third-order valence-electron chi connectivity index (χ3n) is 4.35. The summed E-state index contributed by atoms with van der Waals surface area (Å²) in [4.78, 5) is 11.8. The number of nitrogens with zero attached hydrogens (tertiary/aromatic N) is 2. The van der Waals surface area contributed by atoms with E-state index in [1.54, 1.807) is 18.1 Å². The molecule has 3 aromatic rings. The number of rotatable bonds is 3. The highest BCUT2D eigenvalue weighted by Crippen LogP contribution is 2.41. The Bertz CT molecular complexity index is 842. The zero-order chi connectivity index (χ0) is 15.8. The van der Waals surface area contributed by atoms with Crippen molar-refractivity contribution in [2.24, 2.45) is 5.92 Å². The molecule has 1 aliphatic carbocycles. The van der Waals surface area contributed by atoms with Gasteiger partial charge in [-0.25, -0.2) is 9.97 Å². The fourth-order valence-electron chi connectivity index (χ4n) is 3.09. The summed E-state index contributed by atoms with van der Waals surface area (Å²) in [6.07, 6.45) is 5.34. The molecule has 0 N–H and O–H groups in total. The van der Waals surface area contributed by atoms with E-state index in [0.717, 1.165) is 26.5 Å². The maximum absolute atomic E-state index is 5.96. The van der Waals surface area contributed by atoms with Gasteiger partial charge in [0.2, 0.25) is 0 Å². The van der Waals surface area contributed by atoms with Crippen molar-refractivity contribution < 1.29 is 0 Å². The first-order valence-corrected chi connectivity index (χ1v) is 10.0. The van der Waals surface area contributed by atoms with Crippen molar-refractivity contribution in [1.82, 2.24) is 9.97 Å². The molecule has 0 aliphatic heterocycles. The molecule has 0 unspecified atom stereocenters. The quantitative estimate of drug-likeness (QED) is 0.438. The van der Waals surface area contributed by atoms with Gasteiger partial charge in [-0.1, -0.05) is 30.7 Å². The fourth-order valence-corrected chi connectivity index (χ4v) is 5.61. The van der Waals surface area contributed by atoms with Gasteiger partial charge in [-0.05, 0) is 48.4 Å². The van der Waals surface area contributed by atoms with Crippen LogP contribution in [0.3, 0.4) is 0 Å². The third-order valence-corrected chi connectivity index (χ3v) is 6.82. The van der Waals surface area contributed by atoms with Crippen LogP contribution in [0.15, 0.2) is 35.6 Å². The van der Waals surface area contributed by atoms with Gasteiger partial charge < -0.3 is 0 Å². The van der Waals surface area contributed by atoms with E-state index in [0.29, 0.717) is 0 Å². The lowest BCUT2D eigenvalue weighted by atomic mass is 9.89. The van der Waals surface area contributed by atoms with Crippen molar-refractivity contribution in [2.45, 2.75) is 37.0 Å². The molecule has 1 aliphatic rings. The second-order valence-corrected chi connectivity index (χ2v) is 8.61. The second-order valence-electron chi connectivity index (χ2n) is 6.13. The molecule has 0 saturated heterocycles. The lowest BCUT2D eigenvalue weighted by molar-refractivity contribution is 0.509. The molecule has 1 atom stereocenters. The summed E-state index contributed by atoms with van der Waals surface area (Å²) >= 11 is 9.62. The van der Waals surface area contributed by atoms with Crippen LogP contribution in [0, 0.1) is 5.92 Å². The van der Waals surface area contributed by atoms with Crippen molar-refractivity contribution in [2.75, 3.05) is 0 Å². The van der Waals surface area contributed by atoms with Gasteiger partial charge in [0.15, 0.2) is 0 Å². The number of halogens is 1. The number of aromatic nitrogens is 2. The molecule has 1 aromatic carbocycles. The summed E-state index contributed by atoms with van der Waals surface area (Å²) in [5, 5.41) is 3.21. The summed E-state index contributed by atoms with van der Waals surface area (Å²) in [5.74, 6) is 1.69. The maximum Gasteiger partial charge on any atom is 0.128 e. The van der Waals surface area contributed by atoms with Crippen molar-refractivity contribution >= 4 is 44.9 Å². The molecule has 5 heteroatoms. The summed E-state index contributed by atoms with van der Waals surface area (Å²) < 4.78 is 0. The Morgan fingerprint density at radius 1 is 1.26 bits per heavy atom. The number of hydrogen-bond donors (Lipinski definition) is 0. The molecule has 0 fully saturated rings. The highest BCUT2D eigenvalue weighted by Gasteiger charge is 2.23. The topological polar surface area (TPSA) is 25.8 Å². The zero-order valence-electron chi connectivity index (χ0n) is 12.9. The van der Waals surface area contributed by atoms with Gasteiger partial charge >= 0.3 is 0 Å². The van der Waals surface area contributed by atoms with Gasteiger partial charge in [0.25, 0.3) is 0 Å². The minimum atomic E-state index is 0.782. The SMILES string of the molecule is C[C@@H]1CCc2c(sc3ncnc(SCc4ccc(Cl)cc4)c23)C1. The van der Waals surface area contributed by atoms with Crippen LogP contribution in [0.2, 0.25) is 5.02 Å². The van der Waals surface area contributed by atoms with E-state index in [2.05, 4.69) is 29.0 Å². The number of thiophene rings is 1. The summed E-state index contributed by atoms with van der Waals surface area (Å²) in [6, 6.07) is 8.05. The first kappa shape index (κ1) is 15.4. The minimum absolute atomic E-state index is 0.782. The summed E-state index contributed by atoms with van der Waals surface area (Å²) in [5.41, 5.74) is 2.77. The maximum atomic E-state index is 5.96. The molecule has 2 nitrogen and oxygen atoms in total. The Hall–Kier alpha value is -1.10. The van der Waals surface area contributed by atoms with Crippen molar-refractivity contribution in [3.8, 4) is 0 Å². The molecule has 118 valence electrons. The van der Waals surface area contributed by atoms with E-state index in [-0.39, 0.29) is 0 Å². The van der Waals surface area contributed by atoms with Crippen molar-refractivity contribution in [3.05, 3.63) is 51.6 Å². The Morgan fingerprint density at radius 3 is 2.91 bits per heavy atom. The second kappa shape index (κ2) is 6.42. The predicted octanol–water partition coefficient (Wildman–Crippen LogP) is 5.76. The van der Waals surface area contributed by atoms with Crippen molar-refractivity contribution in [3.63, 3.8) is 0 Å². The Labute approximate surface area is 149 Å². The highest BCUT2D eigenvalue weighted by atomic mass is 35.5. The molecule has 0 saturated carbocycles. The Balaban J connectivity index is 1.66. The average molecular weight is 361 g/mol. The normalized spacial score (nSPS) is 17.4. The summed E-state index contributed by atoms with van der Waals surface area (Å²) in [6.45, 7) is 2.34. The Morgan fingerprint density at radius 2 is 2.09 bits per heavy atom. The minimum Gasteiger partial charge on any atom is -0.229 e. The third kappa shape index (κ3) is 3.12. The van der Waals surface area contributed by atoms with Crippen LogP contribution in [0.25, 0.3) is 10.2 Å².